The third kappa shape index (κ3) is 3.95. The highest BCUT2D eigenvalue weighted by Crippen LogP contribution is 2.20. The van der Waals surface area contributed by atoms with E-state index in [0.29, 0.717) is 24.9 Å². The molecule has 2 aliphatic heterocycles. The molecule has 1 atom stereocenters. The van der Waals surface area contributed by atoms with E-state index in [-0.39, 0.29) is 5.60 Å². The van der Waals surface area contributed by atoms with Gasteiger partial charge in [-0.15, -0.1) is 0 Å². The molecule has 1 amide bonds. The predicted molar refractivity (Wildman–Crippen MR) is 71.4 cm³/mol. The SMILES string of the molecule is CC1(C)CN(C(=O)CCC2CCCNC2)CCO1. The van der Waals surface area contributed by atoms with E-state index in [9.17, 15) is 4.79 Å². The molecule has 2 heterocycles. The van der Waals surface area contributed by atoms with Crippen LogP contribution in [0.5, 0.6) is 0 Å². The predicted octanol–water partition coefficient (Wildman–Crippen LogP) is 1.40. The average molecular weight is 254 g/mol. The van der Waals surface area contributed by atoms with Gasteiger partial charge in [-0.2, -0.15) is 0 Å². The summed E-state index contributed by atoms with van der Waals surface area (Å²) in [5.74, 6) is 0.994. The first-order chi connectivity index (χ1) is 8.57. The molecule has 0 aromatic heterocycles. The van der Waals surface area contributed by atoms with Crippen LogP contribution >= 0.6 is 0 Å². The van der Waals surface area contributed by atoms with Gasteiger partial charge in [-0.3, -0.25) is 4.79 Å². The van der Waals surface area contributed by atoms with Crippen molar-refractivity contribution in [1.29, 1.82) is 0 Å². The highest BCUT2D eigenvalue weighted by molar-refractivity contribution is 5.76. The number of hydrogen-bond acceptors (Lipinski definition) is 3. The number of piperidine rings is 1. The van der Waals surface area contributed by atoms with Crippen molar-refractivity contribution in [2.75, 3.05) is 32.8 Å². The maximum absolute atomic E-state index is 12.2. The molecule has 0 aromatic rings. The van der Waals surface area contributed by atoms with E-state index < -0.39 is 0 Å². The Labute approximate surface area is 110 Å². The van der Waals surface area contributed by atoms with Crippen LogP contribution in [0.25, 0.3) is 0 Å². The highest BCUT2D eigenvalue weighted by Gasteiger charge is 2.29. The third-order valence-corrected chi connectivity index (χ3v) is 3.94. The quantitative estimate of drug-likeness (QED) is 0.828. The van der Waals surface area contributed by atoms with Crippen molar-refractivity contribution in [1.82, 2.24) is 10.2 Å². The molecule has 18 heavy (non-hydrogen) atoms. The molecule has 0 radical (unpaired) electrons. The number of amides is 1. The van der Waals surface area contributed by atoms with Crippen LogP contribution in [0, 0.1) is 5.92 Å². The fraction of sp³-hybridized carbons (Fsp3) is 0.929. The molecular weight excluding hydrogens is 228 g/mol. The molecule has 2 aliphatic rings. The van der Waals surface area contributed by atoms with Gasteiger partial charge in [-0.1, -0.05) is 0 Å². The fourth-order valence-electron chi connectivity index (χ4n) is 2.89. The minimum absolute atomic E-state index is 0.180. The topological polar surface area (TPSA) is 41.6 Å². The van der Waals surface area contributed by atoms with Crippen LogP contribution in [-0.4, -0.2) is 49.2 Å². The molecule has 0 aliphatic carbocycles. The van der Waals surface area contributed by atoms with Gasteiger partial charge in [0.1, 0.15) is 0 Å². The maximum Gasteiger partial charge on any atom is 0.222 e. The lowest BCUT2D eigenvalue weighted by Gasteiger charge is -2.38. The molecule has 0 saturated carbocycles. The molecule has 0 aromatic carbocycles. The van der Waals surface area contributed by atoms with Crippen molar-refractivity contribution in [3.63, 3.8) is 0 Å². The van der Waals surface area contributed by atoms with E-state index in [2.05, 4.69) is 19.2 Å². The first-order valence-electron chi connectivity index (χ1n) is 7.19. The number of rotatable bonds is 3. The van der Waals surface area contributed by atoms with Gasteiger partial charge in [0.25, 0.3) is 0 Å². The van der Waals surface area contributed by atoms with Crippen LogP contribution in [0.3, 0.4) is 0 Å². The van der Waals surface area contributed by atoms with Crippen molar-refractivity contribution < 1.29 is 9.53 Å². The Kier molecular flexibility index (Phi) is 4.62. The zero-order valence-electron chi connectivity index (χ0n) is 11.7. The summed E-state index contributed by atoms with van der Waals surface area (Å²) in [5.41, 5.74) is -0.180. The van der Waals surface area contributed by atoms with Gasteiger partial charge in [0.2, 0.25) is 5.91 Å². The van der Waals surface area contributed by atoms with Crippen molar-refractivity contribution in [2.24, 2.45) is 5.92 Å². The Bertz CT molecular complexity index is 286. The van der Waals surface area contributed by atoms with Gasteiger partial charge in [0, 0.05) is 19.5 Å². The fourth-order valence-corrected chi connectivity index (χ4v) is 2.89. The van der Waals surface area contributed by atoms with Crippen molar-refractivity contribution >= 4 is 5.91 Å². The van der Waals surface area contributed by atoms with Crippen LogP contribution in [0.2, 0.25) is 0 Å². The molecular formula is C14H26N2O2. The number of carbonyl (C=O) groups is 1. The van der Waals surface area contributed by atoms with Gasteiger partial charge < -0.3 is 15.0 Å². The minimum atomic E-state index is -0.180. The Hall–Kier alpha value is -0.610. The van der Waals surface area contributed by atoms with E-state index >= 15 is 0 Å². The van der Waals surface area contributed by atoms with E-state index in [1.165, 1.54) is 12.8 Å². The summed E-state index contributed by atoms with van der Waals surface area (Å²) >= 11 is 0. The van der Waals surface area contributed by atoms with Crippen LogP contribution in [0.4, 0.5) is 0 Å². The van der Waals surface area contributed by atoms with Crippen LogP contribution in [0.15, 0.2) is 0 Å². The second-order valence-electron chi connectivity index (χ2n) is 6.17. The lowest BCUT2D eigenvalue weighted by Crippen LogP contribution is -2.50. The smallest absolute Gasteiger partial charge is 0.222 e. The Morgan fingerprint density at radius 1 is 1.50 bits per heavy atom. The van der Waals surface area contributed by atoms with Gasteiger partial charge in [-0.25, -0.2) is 0 Å². The van der Waals surface area contributed by atoms with Gasteiger partial charge in [0.15, 0.2) is 0 Å². The van der Waals surface area contributed by atoms with Crippen molar-refractivity contribution in [3.8, 4) is 0 Å². The number of ether oxygens (including phenoxy) is 1. The first-order valence-corrected chi connectivity index (χ1v) is 7.19. The third-order valence-electron chi connectivity index (χ3n) is 3.94. The molecule has 2 saturated heterocycles. The summed E-state index contributed by atoms with van der Waals surface area (Å²) in [7, 11) is 0. The molecule has 1 unspecified atom stereocenters. The Balaban J connectivity index is 1.73. The zero-order valence-corrected chi connectivity index (χ0v) is 11.7. The second kappa shape index (κ2) is 6.02. The minimum Gasteiger partial charge on any atom is -0.372 e. The average Bonchev–Trinajstić information content (AvgIpc) is 2.36. The van der Waals surface area contributed by atoms with Gasteiger partial charge in [-0.05, 0) is 52.1 Å². The normalized spacial score (nSPS) is 28.1. The largest absolute Gasteiger partial charge is 0.372 e. The summed E-state index contributed by atoms with van der Waals surface area (Å²) in [6, 6.07) is 0. The monoisotopic (exact) mass is 254 g/mol. The number of nitrogens with one attached hydrogen (secondary N) is 1. The number of hydrogen-bond donors (Lipinski definition) is 1. The number of morpholine rings is 1. The van der Waals surface area contributed by atoms with Gasteiger partial charge >= 0.3 is 0 Å². The van der Waals surface area contributed by atoms with Crippen LogP contribution in [0.1, 0.15) is 39.5 Å². The lowest BCUT2D eigenvalue weighted by atomic mass is 9.94. The van der Waals surface area contributed by atoms with E-state index in [0.717, 1.165) is 32.6 Å². The van der Waals surface area contributed by atoms with Crippen LogP contribution in [-0.2, 0) is 9.53 Å². The van der Waals surface area contributed by atoms with E-state index in [1.54, 1.807) is 0 Å². The molecule has 2 rings (SSSR count). The van der Waals surface area contributed by atoms with Crippen LogP contribution < -0.4 is 5.32 Å². The Morgan fingerprint density at radius 2 is 2.33 bits per heavy atom. The number of carbonyl (C=O) groups excluding carboxylic acids is 1. The molecule has 1 N–H and O–H groups in total. The van der Waals surface area contributed by atoms with Crippen molar-refractivity contribution in [3.05, 3.63) is 0 Å². The van der Waals surface area contributed by atoms with Crippen molar-refractivity contribution in [2.45, 2.75) is 45.1 Å². The standard InChI is InChI=1S/C14H26N2O2/c1-14(2)11-16(8-9-18-14)13(17)6-5-12-4-3-7-15-10-12/h12,15H,3-11H2,1-2H3. The molecule has 2 fully saturated rings. The second-order valence-corrected chi connectivity index (χ2v) is 6.17. The van der Waals surface area contributed by atoms with E-state index in [1.807, 2.05) is 4.90 Å². The maximum atomic E-state index is 12.2. The summed E-state index contributed by atoms with van der Waals surface area (Å²) in [6.07, 6.45) is 4.25. The molecule has 4 heteroatoms. The first kappa shape index (κ1) is 13.8. The van der Waals surface area contributed by atoms with Gasteiger partial charge in [0.05, 0.1) is 12.2 Å². The summed E-state index contributed by atoms with van der Waals surface area (Å²) < 4.78 is 5.64. The molecule has 104 valence electrons. The summed E-state index contributed by atoms with van der Waals surface area (Å²) in [4.78, 5) is 14.2. The highest BCUT2D eigenvalue weighted by atomic mass is 16.5. The summed E-state index contributed by atoms with van der Waals surface area (Å²) in [5, 5.41) is 3.41. The Morgan fingerprint density at radius 3 is 3.00 bits per heavy atom. The van der Waals surface area contributed by atoms with E-state index in [4.69, 9.17) is 4.74 Å². The molecule has 4 nitrogen and oxygen atoms in total. The number of nitrogens with zero attached hydrogens (tertiary/aromatic N) is 1. The molecule has 0 bridgehead atoms. The molecule has 0 spiro atoms. The summed E-state index contributed by atoms with van der Waals surface area (Å²) in [6.45, 7) is 8.49. The lowest BCUT2D eigenvalue weighted by molar-refractivity contribution is -0.146. The zero-order chi connectivity index (χ0) is 13.0.